The average molecular weight is 274 g/mol. The topological polar surface area (TPSA) is 59.8 Å². The molecule has 20 heavy (non-hydrogen) atoms. The molecule has 108 valence electrons. The highest BCUT2D eigenvalue weighted by molar-refractivity contribution is 5.78. The maximum atomic E-state index is 11.7. The first kappa shape index (κ1) is 14.5. The third kappa shape index (κ3) is 2.98. The molecule has 1 aromatic carbocycles. The smallest absolute Gasteiger partial charge is 0.222 e. The maximum Gasteiger partial charge on any atom is 0.222 e. The zero-order chi connectivity index (χ0) is 14.9. The highest BCUT2D eigenvalue weighted by atomic mass is 16.1. The van der Waals surface area contributed by atoms with Crippen LogP contribution in [0.15, 0.2) is 12.1 Å². The van der Waals surface area contributed by atoms with Crippen LogP contribution in [0.1, 0.15) is 31.9 Å². The number of amides is 1. The Balaban J connectivity index is 2.18. The number of carbonyl (C=O) groups excluding carboxylic acids is 1. The number of rotatable bonds is 4. The van der Waals surface area contributed by atoms with Crippen LogP contribution >= 0.6 is 0 Å². The lowest BCUT2D eigenvalue weighted by molar-refractivity contribution is -0.124. The summed E-state index contributed by atoms with van der Waals surface area (Å²) in [7, 11) is 0. The van der Waals surface area contributed by atoms with E-state index in [0.29, 0.717) is 6.54 Å². The quantitative estimate of drug-likeness (QED) is 0.930. The van der Waals surface area contributed by atoms with E-state index in [9.17, 15) is 4.79 Å². The summed E-state index contributed by atoms with van der Waals surface area (Å²) in [6, 6.07) is 4.17. The van der Waals surface area contributed by atoms with E-state index in [1.165, 1.54) is 11.1 Å². The minimum Gasteiger partial charge on any atom is -0.352 e. The van der Waals surface area contributed by atoms with Crippen LogP contribution < -0.4 is 5.32 Å². The fraction of sp³-hybridized carbons (Fsp3) is 0.533. The highest BCUT2D eigenvalue weighted by Crippen LogP contribution is 2.17. The summed E-state index contributed by atoms with van der Waals surface area (Å²) < 4.78 is 1.85. The van der Waals surface area contributed by atoms with Crippen LogP contribution in [0.3, 0.4) is 0 Å². The van der Waals surface area contributed by atoms with Gasteiger partial charge < -0.3 is 5.32 Å². The predicted molar refractivity (Wildman–Crippen MR) is 79.4 cm³/mol. The van der Waals surface area contributed by atoms with E-state index in [-0.39, 0.29) is 17.9 Å². The molecule has 0 aliphatic rings. The monoisotopic (exact) mass is 274 g/mol. The Morgan fingerprint density at radius 3 is 2.55 bits per heavy atom. The predicted octanol–water partition coefficient (Wildman–Crippen LogP) is 2.21. The fourth-order valence-electron chi connectivity index (χ4n) is 2.07. The number of hydrogen-bond acceptors (Lipinski definition) is 3. The van der Waals surface area contributed by atoms with Crippen LogP contribution in [-0.2, 0) is 11.3 Å². The van der Waals surface area contributed by atoms with Gasteiger partial charge in [-0.25, -0.2) is 4.68 Å². The zero-order valence-corrected chi connectivity index (χ0v) is 12.8. The van der Waals surface area contributed by atoms with E-state index in [1.54, 1.807) is 0 Å². The average Bonchev–Trinajstić information content (AvgIpc) is 2.72. The number of nitrogens with one attached hydrogen (secondary N) is 1. The number of fused-ring (bicyclic) bond motifs is 1. The molecule has 0 bridgehead atoms. The first-order valence-electron chi connectivity index (χ1n) is 6.99. The molecule has 0 saturated heterocycles. The first-order valence-corrected chi connectivity index (χ1v) is 6.99. The molecule has 2 aromatic rings. The number of benzene rings is 1. The van der Waals surface area contributed by atoms with Crippen molar-refractivity contribution in [2.75, 3.05) is 0 Å². The van der Waals surface area contributed by atoms with Gasteiger partial charge in [-0.2, -0.15) is 0 Å². The normalized spacial score (nSPS) is 12.9. The number of nitrogens with zero attached hydrogens (tertiary/aromatic N) is 3. The Labute approximate surface area is 119 Å². The van der Waals surface area contributed by atoms with Gasteiger partial charge in [-0.05, 0) is 44.0 Å². The van der Waals surface area contributed by atoms with Gasteiger partial charge in [-0.15, -0.1) is 5.10 Å². The summed E-state index contributed by atoms with van der Waals surface area (Å²) in [5.41, 5.74) is 4.35. The molecule has 0 spiro atoms. The molecule has 2 rings (SSSR count). The van der Waals surface area contributed by atoms with Crippen molar-refractivity contribution in [2.24, 2.45) is 5.92 Å². The number of carbonyl (C=O) groups is 1. The summed E-state index contributed by atoms with van der Waals surface area (Å²) in [5.74, 6) is 0.0591. The van der Waals surface area contributed by atoms with Crippen molar-refractivity contribution < 1.29 is 4.79 Å². The van der Waals surface area contributed by atoms with Crippen molar-refractivity contribution in [3.05, 3.63) is 23.3 Å². The number of hydrogen-bond donors (Lipinski definition) is 1. The molecule has 1 amide bonds. The molecule has 1 atom stereocenters. The van der Waals surface area contributed by atoms with Crippen LogP contribution in [-0.4, -0.2) is 26.9 Å². The molecule has 0 aliphatic heterocycles. The second-order valence-electron chi connectivity index (χ2n) is 5.76. The van der Waals surface area contributed by atoms with Gasteiger partial charge in [-0.3, -0.25) is 4.79 Å². The lowest BCUT2D eigenvalue weighted by Crippen LogP contribution is -2.38. The van der Waals surface area contributed by atoms with E-state index < -0.39 is 0 Å². The van der Waals surface area contributed by atoms with Gasteiger partial charge in [0.05, 0.1) is 12.1 Å². The van der Waals surface area contributed by atoms with Gasteiger partial charge in [-0.1, -0.05) is 19.1 Å². The Morgan fingerprint density at radius 2 is 1.90 bits per heavy atom. The van der Waals surface area contributed by atoms with Gasteiger partial charge in [0.2, 0.25) is 5.91 Å². The van der Waals surface area contributed by atoms with E-state index >= 15 is 0 Å². The van der Waals surface area contributed by atoms with E-state index in [1.807, 2.05) is 31.5 Å². The van der Waals surface area contributed by atoms with Crippen molar-refractivity contribution >= 4 is 16.9 Å². The van der Waals surface area contributed by atoms with E-state index in [4.69, 9.17) is 0 Å². The molecule has 5 nitrogen and oxygen atoms in total. The lowest BCUT2D eigenvalue weighted by atomic mass is 10.1. The number of aromatic nitrogens is 3. The summed E-state index contributed by atoms with van der Waals surface area (Å²) in [4.78, 5) is 11.7. The van der Waals surface area contributed by atoms with E-state index in [0.717, 1.165) is 11.0 Å². The molecule has 1 N–H and O–H groups in total. The van der Waals surface area contributed by atoms with Crippen molar-refractivity contribution in [1.29, 1.82) is 0 Å². The third-order valence-electron chi connectivity index (χ3n) is 3.49. The Morgan fingerprint density at radius 1 is 1.25 bits per heavy atom. The SMILES string of the molecule is Cc1cc2nnn(C[C@@H](C)NC(=O)C(C)C)c2cc1C. The van der Waals surface area contributed by atoms with Crippen LogP contribution in [0.2, 0.25) is 0 Å². The van der Waals surface area contributed by atoms with Crippen LogP contribution in [0.25, 0.3) is 11.0 Å². The molecule has 1 aromatic heterocycles. The van der Waals surface area contributed by atoms with Gasteiger partial charge in [0.15, 0.2) is 0 Å². The first-order chi connectivity index (χ1) is 9.38. The molecular weight excluding hydrogens is 252 g/mol. The fourth-order valence-corrected chi connectivity index (χ4v) is 2.07. The van der Waals surface area contributed by atoms with Crippen molar-refractivity contribution in [3.63, 3.8) is 0 Å². The molecular formula is C15H22N4O. The third-order valence-corrected chi connectivity index (χ3v) is 3.49. The summed E-state index contributed by atoms with van der Waals surface area (Å²) >= 11 is 0. The van der Waals surface area contributed by atoms with Gasteiger partial charge >= 0.3 is 0 Å². The molecule has 0 saturated carbocycles. The summed E-state index contributed by atoms with van der Waals surface area (Å²) in [5, 5.41) is 11.4. The Bertz CT molecular complexity index is 630. The van der Waals surface area contributed by atoms with Crippen molar-refractivity contribution in [3.8, 4) is 0 Å². The summed E-state index contributed by atoms with van der Waals surface area (Å²) in [6.45, 7) is 10.5. The minimum absolute atomic E-state index is 0.00478. The molecule has 0 unspecified atom stereocenters. The molecule has 1 heterocycles. The standard InChI is InChI=1S/C15H22N4O/c1-9(2)15(20)16-12(5)8-19-14-7-11(4)10(3)6-13(14)17-18-19/h6-7,9,12H,8H2,1-5H3,(H,16,20)/t12-/m1/s1. The van der Waals surface area contributed by atoms with Crippen molar-refractivity contribution in [2.45, 2.75) is 47.2 Å². The second kappa shape index (κ2) is 5.61. The van der Waals surface area contributed by atoms with Gasteiger partial charge in [0.25, 0.3) is 0 Å². The molecule has 0 aliphatic carbocycles. The summed E-state index contributed by atoms with van der Waals surface area (Å²) in [6.07, 6.45) is 0. The van der Waals surface area contributed by atoms with Crippen molar-refractivity contribution in [1.82, 2.24) is 20.3 Å². The van der Waals surface area contributed by atoms with E-state index in [2.05, 4.69) is 35.5 Å². The maximum absolute atomic E-state index is 11.7. The van der Waals surface area contributed by atoms with Gasteiger partial charge in [0.1, 0.15) is 5.52 Å². The zero-order valence-electron chi connectivity index (χ0n) is 12.8. The Kier molecular flexibility index (Phi) is 4.06. The largest absolute Gasteiger partial charge is 0.352 e. The molecule has 0 fully saturated rings. The minimum atomic E-state index is -0.00478. The van der Waals surface area contributed by atoms with Crippen LogP contribution in [0.5, 0.6) is 0 Å². The number of aryl methyl sites for hydroxylation is 2. The molecule has 5 heteroatoms. The second-order valence-corrected chi connectivity index (χ2v) is 5.76. The molecule has 0 radical (unpaired) electrons. The van der Waals surface area contributed by atoms with Gasteiger partial charge in [0, 0.05) is 12.0 Å². The van der Waals surface area contributed by atoms with Crippen LogP contribution in [0.4, 0.5) is 0 Å². The highest BCUT2D eigenvalue weighted by Gasteiger charge is 2.13. The lowest BCUT2D eigenvalue weighted by Gasteiger charge is -2.15. The Hall–Kier alpha value is -1.91. The van der Waals surface area contributed by atoms with Crippen LogP contribution in [0, 0.1) is 19.8 Å².